The van der Waals surface area contributed by atoms with Gasteiger partial charge in [0.15, 0.2) is 0 Å². The van der Waals surface area contributed by atoms with E-state index in [4.69, 9.17) is 10.5 Å². The van der Waals surface area contributed by atoms with Gasteiger partial charge in [0.05, 0.1) is 0 Å². The van der Waals surface area contributed by atoms with Crippen molar-refractivity contribution in [2.75, 3.05) is 0 Å². The van der Waals surface area contributed by atoms with Crippen molar-refractivity contribution in [1.29, 1.82) is 0 Å². The maximum Gasteiger partial charge on any atom is 0.307 e. The number of aryl methyl sites for hydroxylation is 2. The van der Waals surface area contributed by atoms with Crippen LogP contribution in [0.15, 0.2) is 36.7 Å². The number of fused-ring (bicyclic) bond motifs is 1. The van der Waals surface area contributed by atoms with Crippen LogP contribution in [0.25, 0.3) is 5.78 Å². The summed E-state index contributed by atoms with van der Waals surface area (Å²) < 4.78 is 6.93. The summed E-state index contributed by atoms with van der Waals surface area (Å²) in [5.41, 5.74) is 8.47. The predicted molar refractivity (Wildman–Crippen MR) is 93.0 cm³/mol. The summed E-state index contributed by atoms with van der Waals surface area (Å²) >= 11 is 0. The molecule has 2 aromatic heterocycles. The lowest BCUT2D eigenvalue weighted by Crippen LogP contribution is -2.26. The molecule has 3 aromatic rings. The lowest BCUT2D eigenvalue weighted by Gasteiger charge is -2.15. The standard InChI is InChI=1S/C18H19N5O3/c1-11-14(12(2)23-18(22-11)20-10-21-23)8-9-15(24)26-16(17(19)25)13-6-4-3-5-7-13/h3-7,10,16H,8-9H2,1-2H3,(H2,19,25). The first kappa shape index (κ1) is 17.5. The van der Waals surface area contributed by atoms with Crippen molar-refractivity contribution in [3.8, 4) is 0 Å². The molecule has 0 fully saturated rings. The van der Waals surface area contributed by atoms with Gasteiger partial charge in [-0.05, 0) is 25.8 Å². The van der Waals surface area contributed by atoms with Crippen LogP contribution in [-0.2, 0) is 20.7 Å². The van der Waals surface area contributed by atoms with Crippen LogP contribution in [0, 0.1) is 13.8 Å². The molecular formula is C18H19N5O3. The van der Waals surface area contributed by atoms with Crippen LogP contribution in [-0.4, -0.2) is 31.5 Å². The molecule has 0 saturated carbocycles. The van der Waals surface area contributed by atoms with Crippen LogP contribution in [0.3, 0.4) is 0 Å². The second-order valence-electron chi connectivity index (χ2n) is 5.92. The summed E-state index contributed by atoms with van der Waals surface area (Å²) in [7, 11) is 0. The van der Waals surface area contributed by atoms with E-state index in [0.717, 1.165) is 17.0 Å². The van der Waals surface area contributed by atoms with Gasteiger partial charge in [0, 0.05) is 23.4 Å². The van der Waals surface area contributed by atoms with Gasteiger partial charge in [-0.15, -0.1) is 0 Å². The van der Waals surface area contributed by atoms with Crippen molar-refractivity contribution in [2.45, 2.75) is 32.8 Å². The Bertz CT molecular complexity index is 952. The number of ether oxygens (including phenoxy) is 1. The zero-order valence-corrected chi connectivity index (χ0v) is 14.5. The minimum Gasteiger partial charge on any atom is -0.447 e. The third-order valence-corrected chi connectivity index (χ3v) is 4.18. The monoisotopic (exact) mass is 353 g/mol. The SMILES string of the molecule is Cc1nc2ncnn2c(C)c1CCC(=O)OC(C(N)=O)c1ccccc1. The van der Waals surface area contributed by atoms with E-state index >= 15 is 0 Å². The number of primary amides is 1. The topological polar surface area (TPSA) is 112 Å². The molecular weight excluding hydrogens is 334 g/mol. The maximum atomic E-state index is 12.3. The highest BCUT2D eigenvalue weighted by molar-refractivity contribution is 5.83. The Kier molecular flexibility index (Phi) is 4.92. The van der Waals surface area contributed by atoms with E-state index in [-0.39, 0.29) is 6.42 Å². The number of benzene rings is 1. The molecule has 0 aliphatic rings. The first-order valence-electron chi connectivity index (χ1n) is 8.17. The van der Waals surface area contributed by atoms with E-state index in [9.17, 15) is 9.59 Å². The largest absolute Gasteiger partial charge is 0.447 e. The molecule has 134 valence electrons. The minimum absolute atomic E-state index is 0.0974. The lowest BCUT2D eigenvalue weighted by molar-refractivity contribution is -0.155. The molecule has 1 unspecified atom stereocenters. The average molecular weight is 353 g/mol. The molecule has 0 aliphatic heterocycles. The second kappa shape index (κ2) is 7.30. The zero-order chi connectivity index (χ0) is 18.7. The molecule has 0 bridgehead atoms. The van der Waals surface area contributed by atoms with Gasteiger partial charge in [-0.1, -0.05) is 30.3 Å². The Morgan fingerprint density at radius 2 is 1.96 bits per heavy atom. The maximum absolute atomic E-state index is 12.3. The number of aromatic nitrogens is 4. The van der Waals surface area contributed by atoms with E-state index in [1.165, 1.54) is 6.33 Å². The molecule has 26 heavy (non-hydrogen) atoms. The van der Waals surface area contributed by atoms with E-state index in [1.807, 2.05) is 19.9 Å². The van der Waals surface area contributed by atoms with Crippen molar-refractivity contribution in [3.63, 3.8) is 0 Å². The van der Waals surface area contributed by atoms with Gasteiger partial charge in [-0.2, -0.15) is 10.1 Å². The molecule has 2 N–H and O–H groups in total. The quantitative estimate of drug-likeness (QED) is 0.671. The van der Waals surface area contributed by atoms with Gasteiger partial charge in [0.2, 0.25) is 6.10 Å². The number of hydrogen-bond acceptors (Lipinski definition) is 6. The van der Waals surface area contributed by atoms with Crippen LogP contribution >= 0.6 is 0 Å². The summed E-state index contributed by atoms with van der Waals surface area (Å²) in [6.45, 7) is 3.76. The van der Waals surface area contributed by atoms with Crippen molar-refractivity contribution >= 4 is 17.7 Å². The zero-order valence-electron chi connectivity index (χ0n) is 14.5. The normalized spacial score (nSPS) is 12.1. The number of carbonyl (C=O) groups excluding carboxylic acids is 2. The van der Waals surface area contributed by atoms with Crippen LogP contribution in [0.4, 0.5) is 0 Å². The van der Waals surface area contributed by atoms with Crippen LogP contribution < -0.4 is 5.73 Å². The summed E-state index contributed by atoms with van der Waals surface area (Å²) in [6, 6.07) is 8.71. The summed E-state index contributed by atoms with van der Waals surface area (Å²) in [6.07, 6.45) is 0.853. The number of carbonyl (C=O) groups is 2. The van der Waals surface area contributed by atoms with Crippen LogP contribution in [0.5, 0.6) is 0 Å². The van der Waals surface area contributed by atoms with Crippen molar-refractivity contribution < 1.29 is 14.3 Å². The van der Waals surface area contributed by atoms with Gasteiger partial charge < -0.3 is 10.5 Å². The molecule has 2 heterocycles. The summed E-state index contributed by atoms with van der Waals surface area (Å²) in [5, 5.41) is 4.12. The number of nitrogens with two attached hydrogens (primary N) is 1. The van der Waals surface area contributed by atoms with Gasteiger partial charge in [-0.25, -0.2) is 9.50 Å². The summed E-state index contributed by atoms with van der Waals surface area (Å²) in [5.74, 6) is -0.693. The van der Waals surface area contributed by atoms with Gasteiger partial charge in [0.25, 0.3) is 11.7 Å². The number of rotatable bonds is 6. The van der Waals surface area contributed by atoms with Crippen molar-refractivity contribution in [2.24, 2.45) is 5.73 Å². The Hall–Kier alpha value is -3.29. The fraction of sp³-hybridized carbons (Fsp3) is 0.278. The van der Waals surface area contributed by atoms with Crippen molar-refractivity contribution in [1.82, 2.24) is 19.6 Å². The van der Waals surface area contributed by atoms with Crippen LogP contribution in [0.2, 0.25) is 0 Å². The molecule has 0 radical (unpaired) electrons. The van der Waals surface area contributed by atoms with Gasteiger partial charge in [0.1, 0.15) is 6.33 Å². The Labute approximate surface area is 150 Å². The fourth-order valence-electron chi connectivity index (χ4n) is 2.85. The third kappa shape index (κ3) is 3.53. The fourth-order valence-corrected chi connectivity index (χ4v) is 2.85. The van der Waals surface area contributed by atoms with E-state index in [1.54, 1.807) is 28.8 Å². The molecule has 3 rings (SSSR count). The third-order valence-electron chi connectivity index (χ3n) is 4.18. The highest BCUT2D eigenvalue weighted by Gasteiger charge is 2.22. The number of nitrogens with zero attached hydrogens (tertiary/aromatic N) is 4. The number of amides is 1. The Morgan fingerprint density at radius 3 is 2.65 bits per heavy atom. The van der Waals surface area contributed by atoms with E-state index in [2.05, 4.69) is 15.1 Å². The molecule has 1 amide bonds. The molecule has 8 nitrogen and oxygen atoms in total. The van der Waals surface area contributed by atoms with Crippen molar-refractivity contribution in [3.05, 3.63) is 59.2 Å². The Balaban J connectivity index is 1.72. The molecule has 0 spiro atoms. The first-order chi connectivity index (χ1) is 12.5. The smallest absolute Gasteiger partial charge is 0.307 e. The Morgan fingerprint density at radius 1 is 1.23 bits per heavy atom. The molecule has 1 aromatic carbocycles. The first-order valence-corrected chi connectivity index (χ1v) is 8.17. The highest BCUT2D eigenvalue weighted by Crippen LogP contribution is 2.19. The molecule has 0 saturated heterocycles. The number of esters is 1. The van der Waals surface area contributed by atoms with Gasteiger partial charge >= 0.3 is 5.97 Å². The van der Waals surface area contributed by atoms with E-state index in [0.29, 0.717) is 17.8 Å². The average Bonchev–Trinajstić information content (AvgIpc) is 3.08. The molecule has 8 heteroatoms. The number of hydrogen-bond donors (Lipinski definition) is 1. The van der Waals surface area contributed by atoms with Crippen LogP contribution in [0.1, 0.15) is 35.0 Å². The minimum atomic E-state index is -1.10. The predicted octanol–water partition coefficient (Wildman–Crippen LogP) is 1.44. The van der Waals surface area contributed by atoms with E-state index < -0.39 is 18.0 Å². The molecule has 0 aliphatic carbocycles. The molecule has 1 atom stereocenters. The lowest BCUT2D eigenvalue weighted by atomic mass is 10.1. The van der Waals surface area contributed by atoms with Gasteiger partial charge in [-0.3, -0.25) is 9.59 Å². The second-order valence-corrected chi connectivity index (χ2v) is 5.92. The highest BCUT2D eigenvalue weighted by atomic mass is 16.5. The summed E-state index contributed by atoms with van der Waals surface area (Å²) in [4.78, 5) is 32.3.